The molecular weight excluding hydrogens is 439 g/mol. The molecule has 29 heavy (non-hydrogen) atoms. The molecule has 0 atom stereocenters. The van der Waals surface area contributed by atoms with Gasteiger partial charge in [0.25, 0.3) is 0 Å². The summed E-state index contributed by atoms with van der Waals surface area (Å²) in [5.41, 5.74) is -0.0317. The van der Waals surface area contributed by atoms with Gasteiger partial charge in [-0.1, -0.05) is 0 Å². The van der Waals surface area contributed by atoms with Crippen molar-refractivity contribution in [2.75, 3.05) is 4.57 Å². The average Bonchev–Trinajstić information content (AvgIpc) is 2.58. The van der Waals surface area contributed by atoms with Crippen LogP contribution < -0.4 is 4.57 Å². The summed E-state index contributed by atoms with van der Waals surface area (Å²) >= 11 is 21.7. The number of hydrogen-bond donors (Lipinski definition) is 0. The van der Waals surface area contributed by atoms with Gasteiger partial charge in [-0.2, -0.15) is 0 Å². The van der Waals surface area contributed by atoms with E-state index < -0.39 is 5.60 Å². The molecule has 0 aliphatic carbocycles. The number of halogens is 3. The van der Waals surface area contributed by atoms with Crippen LogP contribution in [0.4, 0.5) is 5.69 Å². The summed E-state index contributed by atoms with van der Waals surface area (Å²) in [6.45, 7) is 15.1. The van der Waals surface area contributed by atoms with Gasteiger partial charge >= 0.3 is 190 Å². The van der Waals surface area contributed by atoms with Gasteiger partial charge in [-0.25, -0.2) is 0 Å². The van der Waals surface area contributed by atoms with Crippen LogP contribution in [0.25, 0.3) is 0 Å². The molecule has 2 aromatic rings. The van der Waals surface area contributed by atoms with Gasteiger partial charge < -0.3 is 0 Å². The van der Waals surface area contributed by atoms with Crippen molar-refractivity contribution in [2.24, 2.45) is 0 Å². The number of anilines is 1. The zero-order valence-corrected chi connectivity index (χ0v) is 21.6. The van der Waals surface area contributed by atoms with Crippen molar-refractivity contribution < 1.29 is 4.24 Å². The fourth-order valence-corrected chi connectivity index (χ4v) is 11.6. The third kappa shape index (κ3) is 3.76. The second kappa shape index (κ2) is 7.30. The van der Waals surface area contributed by atoms with Crippen LogP contribution in [-0.4, -0.2) is 21.2 Å². The molecular formula is C23H31Cl3N2Si. The Hall–Kier alpha value is -1.00. The van der Waals surface area contributed by atoms with E-state index in [1.54, 1.807) is 0 Å². The van der Waals surface area contributed by atoms with Gasteiger partial charge in [0.2, 0.25) is 0 Å². The Bertz CT molecular complexity index is 925. The Morgan fingerprint density at radius 1 is 0.793 bits per heavy atom. The number of rotatable bonds is 4. The maximum atomic E-state index is 7.22. The fraction of sp³-hybridized carbons (Fsp3) is 0.435. The third-order valence-corrected chi connectivity index (χ3v) is 11.2. The van der Waals surface area contributed by atoms with E-state index in [9.17, 15) is 0 Å². The topological polar surface area (TPSA) is 6.25 Å². The minimum atomic E-state index is -4.24. The molecule has 0 aromatic heterocycles. The molecule has 6 heteroatoms. The van der Waals surface area contributed by atoms with Gasteiger partial charge in [-0.15, -0.1) is 0 Å². The van der Waals surface area contributed by atoms with E-state index in [-0.39, 0.29) is 5.54 Å². The molecule has 2 aromatic carbocycles. The van der Waals surface area contributed by atoms with Crippen LogP contribution in [0.15, 0.2) is 48.5 Å². The van der Waals surface area contributed by atoms with Crippen molar-refractivity contribution in [1.82, 2.24) is 0 Å². The fourth-order valence-electron chi connectivity index (χ4n) is 4.24. The number of nitrogens with zero attached hydrogens (tertiary/aromatic N) is 2. The first kappa shape index (κ1) is 22.7. The summed E-state index contributed by atoms with van der Waals surface area (Å²) < 4.78 is 4.12. The van der Waals surface area contributed by atoms with E-state index in [0.717, 1.165) is 17.1 Å². The summed E-state index contributed by atoms with van der Waals surface area (Å²) in [6, 6.07) is 16.7. The van der Waals surface area contributed by atoms with Gasteiger partial charge in [0, 0.05) is 0 Å². The second-order valence-electron chi connectivity index (χ2n) is 9.45. The molecule has 0 unspecified atom stereocenters. The summed E-state index contributed by atoms with van der Waals surface area (Å²) in [5, 5.41) is 0. The number of hydrogen-bond acceptors (Lipinski definition) is 1. The number of benzene rings is 2. The first-order valence-corrected chi connectivity index (χ1v) is 15.6. The molecule has 0 bridgehead atoms. The summed E-state index contributed by atoms with van der Waals surface area (Å²) in [6.07, 6.45) is 0. The zero-order valence-electron chi connectivity index (χ0n) is 18.3. The van der Waals surface area contributed by atoms with Crippen molar-refractivity contribution in [1.29, 1.82) is 0 Å². The number of amidine groups is 1. The average molecular weight is 470 g/mol. The van der Waals surface area contributed by atoms with Gasteiger partial charge in [0.1, 0.15) is 0 Å². The van der Waals surface area contributed by atoms with Crippen molar-refractivity contribution in [3.05, 3.63) is 65.2 Å². The van der Waals surface area contributed by atoms with Crippen LogP contribution >= 0.6 is 33.2 Å². The normalized spacial score (nSPS) is 19.9. The van der Waals surface area contributed by atoms with Crippen molar-refractivity contribution in [3.63, 3.8) is 0 Å². The van der Waals surface area contributed by atoms with E-state index in [1.807, 2.05) is 22.4 Å². The monoisotopic (exact) mass is 468 g/mol. The van der Waals surface area contributed by atoms with Crippen LogP contribution in [0.3, 0.4) is 0 Å². The van der Waals surface area contributed by atoms with Crippen molar-refractivity contribution in [2.45, 2.75) is 65.8 Å². The van der Waals surface area contributed by atoms with E-state index in [2.05, 4.69) is 83.4 Å². The molecule has 0 saturated heterocycles. The van der Waals surface area contributed by atoms with Crippen molar-refractivity contribution in [3.8, 4) is 0 Å². The Balaban J connectivity index is 2.43. The second-order valence-corrected chi connectivity index (χ2v) is 20.2. The third-order valence-electron chi connectivity index (χ3n) is 5.40. The molecule has 0 fully saturated rings. The van der Waals surface area contributed by atoms with Crippen LogP contribution in [0, 0.1) is 0 Å². The zero-order chi connectivity index (χ0) is 21.8. The Kier molecular flexibility index (Phi) is 5.71. The summed E-state index contributed by atoms with van der Waals surface area (Å²) in [5.74, 6) is 1.59. The van der Waals surface area contributed by atoms with Gasteiger partial charge in [0.05, 0.1) is 0 Å². The molecule has 0 N–H and O–H groups in total. The summed E-state index contributed by atoms with van der Waals surface area (Å²) in [4.78, 5) is 0. The van der Waals surface area contributed by atoms with Crippen LogP contribution in [0.2, 0.25) is 0 Å². The molecule has 1 aliphatic rings. The Morgan fingerprint density at radius 3 is 1.69 bits per heavy atom. The van der Waals surface area contributed by atoms with Crippen LogP contribution in [-0.2, 0) is 0 Å². The van der Waals surface area contributed by atoms with Crippen molar-refractivity contribution >= 4 is 50.4 Å². The van der Waals surface area contributed by atoms with E-state index in [1.165, 1.54) is 11.1 Å². The maximum absolute atomic E-state index is 7.22. The standard InChI is InChI=1S/C23H31Cl3N2Si/c1-16(2)19-14-11-15-20(17(3)4)21(19)27-22(18-12-9-8-10-13-18)28(23(5,6)7)29(27,24,25)26/h8-17H,1-7H3. The van der Waals surface area contributed by atoms with E-state index in [4.69, 9.17) is 33.2 Å². The molecule has 1 aliphatic heterocycles. The van der Waals surface area contributed by atoms with E-state index >= 15 is 0 Å². The van der Waals surface area contributed by atoms with Gasteiger partial charge in [-0.3, -0.25) is 0 Å². The molecule has 0 saturated carbocycles. The SMILES string of the molecule is CC(C)c1cccc(C(C)C)c1N1C(c2ccccc2)=[N+](C(C)(C)C)[Si-]1(Cl)(Cl)Cl. The molecule has 158 valence electrons. The quantitative estimate of drug-likeness (QED) is 0.330. The molecule has 2 nitrogen and oxygen atoms in total. The molecule has 0 amide bonds. The Morgan fingerprint density at radius 2 is 1.28 bits per heavy atom. The van der Waals surface area contributed by atoms with Crippen LogP contribution in [0.5, 0.6) is 0 Å². The van der Waals surface area contributed by atoms with Crippen LogP contribution in [0.1, 0.15) is 77.0 Å². The Labute approximate surface area is 189 Å². The predicted octanol–water partition coefficient (Wildman–Crippen LogP) is 7.61. The molecule has 3 rings (SSSR count). The van der Waals surface area contributed by atoms with E-state index in [0.29, 0.717) is 11.8 Å². The summed E-state index contributed by atoms with van der Waals surface area (Å²) in [7, 11) is 0. The molecule has 1 heterocycles. The number of para-hydroxylation sites is 1. The molecule has 0 radical (unpaired) electrons. The van der Waals surface area contributed by atoms with Gasteiger partial charge in [0.15, 0.2) is 0 Å². The molecule has 0 spiro atoms. The minimum absolute atomic E-state index is 0.310. The predicted molar refractivity (Wildman–Crippen MR) is 131 cm³/mol. The van der Waals surface area contributed by atoms with Gasteiger partial charge in [-0.05, 0) is 0 Å². The first-order valence-electron chi connectivity index (χ1n) is 10.2. The first-order chi connectivity index (χ1) is 13.3.